The molecule has 4 aliphatic carbocycles. The highest BCUT2D eigenvalue weighted by Gasteiger charge is 2.61. The van der Waals surface area contributed by atoms with Gasteiger partial charge in [-0.15, -0.1) is 0 Å². The van der Waals surface area contributed by atoms with Crippen LogP contribution >= 0.6 is 0 Å². The third kappa shape index (κ3) is 4.24. The second kappa shape index (κ2) is 10.1. The zero-order valence-electron chi connectivity index (χ0n) is 24.6. The van der Waals surface area contributed by atoms with E-state index in [1.807, 2.05) is 0 Å². The molecule has 1 N–H and O–H groups in total. The lowest BCUT2D eigenvalue weighted by atomic mass is 9.56. The molecule has 4 fully saturated rings. The number of likely N-dealkylation sites (tertiary alicyclic amines) is 1. The topological polar surface area (TPSA) is 32.7 Å². The average Bonchev–Trinajstić information content (AvgIpc) is 3.39. The van der Waals surface area contributed by atoms with E-state index in [9.17, 15) is 5.11 Å². The third-order valence-corrected chi connectivity index (χ3v) is 12.6. The minimum Gasteiger partial charge on any atom is -0.393 e. The Morgan fingerprint density at radius 2 is 1.89 bits per heavy atom. The molecule has 37 heavy (non-hydrogen) atoms. The number of aliphatic hydroxyl groups excluding tert-OH is 1. The first-order valence-corrected chi connectivity index (χ1v) is 16.3. The monoisotopic (exact) mass is 509 g/mol. The van der Waals surface area contributed by atoms with Gasteiger partial charge in [0.25, 0.3) is 0 Å². The Balaban J connectivity index is 1.24. The van der Waals surface area contributed by atoms with Gasteiger partial charge in [0.15, 0.2) is 0 Å². The largest absolute Gasteiger partial charge is 0.393 e. The summed E-state index contributed by atoms with van der Waals surface area (Å²) in [5, 5.41) is 10.4. The number of unbranched alkanes of at least 4 members (excludes halogenated alkanes) is 4. The quantitative estimate of drug-likeness (QED) is 0.294. The van der Waals surface area contributed by atoms with E-state index in [2.05, 4.69) is 45.6 Å². The van der Waals surface area contributed by atoms with E-state index in [4.69, 9.17) is 4.74 Å². The Bertz CT molecular complexity index is 923. The molecule has 2 aliphatic heterocycles. The average molecular weight is 510 g/mol. The van der Waals surface area contributed by atoms with Crippen LogP contribution in [0.25, 0.3) is 0 Å². The minimum atomic E-state index is -0.114. The highest BCUT2D eigenvalue weighted by atomic mass is 16.5. The summed E-state index contributed by atoms with van der Waals surface area (Å²) in [6.07, 6.45) is 19.1. The molecule has 0 bridgehead atoms. The van der Waals surface area contributed by atoms with Gasteiger partial charge in [0.2, 0.25) is 0 Å². The first-order chi connectivity index (χ1) is 17.8. The number of aliphatic hydroxyl groups is 1. The van der Waals surface area contributed by atoms with Gasteiger partial charge in [-0.3, -0.25) is 4.90 Å². The van der Waals surface area contributed by atoms with Gasteiger partial charge >= 0.3 is 0 Å². The number of ether oxygens (including phenoxy) is 1. The van der Waals surface area contributed by atoms with Crippen LogP contribution < -0.4 is 0 Å². The molecule has 208 valence electrons. The summed E-state index contributed by atoms with van der Waals surface area (Å²) in [6, 6.07) is 0.601. The van der Waals surface area contributed by atoms with Gasteiger partial charge < -0.3 is 9.84 Å². The molecular formula is C34H55NO2. The van der Waals surface area contributed by atoms with E-state index >= 15 is 0 Å². The zero-order valence-corrected chi connectivity index (χ0v) is 24.6. The van der Waals surface area contributed by atoms with Crippen LogP contribution in [0.3, 0.4) is 0 Å². The smallest absolute Gasteiger partial charge is 0.0937 e. The van der Waals surface area contributed by atoms with Crippen LogP contribution in [0.5, 0.6) is 0 Å². The van der Waals surface area contributed by atoms with Gasteiger partial charge in [-0.2, -0.15) is 0 Å². The van der Waals surface area contributed by atoms with Gasteiger partial charge in [-0.1, -0.05) is 70.6 Å². The molecule has 10 atom stereocenters. The van der Waals surface area contributed by atoms with Crippen LogP contribution in [-0.4, -0.2) is 46.9 Å². The molecule has 6 rings (SSSR count). The highest BCUT2D eigenvalue weighted by Crippen LogP contribution is 2.65. The minimum absolute atomic E-state index is 0.0287. The van der Waals surface area contributed by atoms with E-state index in [1.54, 1.807) is 16.7 Å². The van der Waals surface area contributed by atoms with Gasteiger partial charge in [-0.25, -0.2) is 0 Å². The van der Waals surface area contributed by atoms with Crippen molar-refractivity contribution in [1.82, 2.24) is 4.90 Å². The van der Waals surface area contributed by atoms with Crippen molar-refractivity contribution in [2.45, 2.75) is 142 Å². The van der Waals surface area contributed by atoms with Crippen molar-refractivity contribution < 1.29 is 9.84 Å². The van der Waals surface area contributed by atoms with Crippen molar-refractivity contribution in [1.29, 1.82) is 0 Å². The highest BCUT2D eigenvalue weighted by molar-refractivity contribution is 5.38. The van der Waals surface area contributed by atoms with Crippen LogP contribution in [0.2, 0.25) is 0 Å². The van der Waals surface area contributed by atoms with Crippen LogP contribution in [0, 0.1) is 35.0 Å². The number of hydrogen-bond donors (Lipinski definition) is 1. The van der Waals surface area contributed by atoms with E-state index in [0.717, 1.165) is 36.5 Å². The Morgan fingerprint density at radius 1 is 1.08 bits per heavy atom. The Labute approximate surface area is 227 Å². The van der Waals surface area contributed by atoms with E-state index in [1.165, 1.54) is 83.7 Å². The van der Waals surface area contributed by atoms with E-state index in [-0.39, 0.29) is 11.7 Å². The second-order valence-corrected chi connectivity index (χ2v) is 14.6. The van der Waals surface area contributed by atoms with Gasteiger partial charge in [0.05, 0.1) is 17.8 Å². The Hall–Kier alpha value is -0.640. The lowest BCUT2D eigenvalue weighted by Crippen LogP contribution is -2.52. The fourth-order valence-electron chi connectivity index (χ4n) is 10.6. The maximum Gasteiger partial charge on any atom is 0.0937 e. The van der Waals surface area contributed by atoms with Crippen LogP contribution in [0.4, 0.5) is 0 Å². The molecule has 2 saturated carbocycles. The fraction of sp³-hybridized carbons (Fsp3) is 0.882. The zero-order chi connectivity index (χ0) is 25.9. The molecule has 2 saturated heterocycles. The van der Waals surface area contributed by atoms with Crippen LogP contribution in [0.15, 0.2) is 22.8 Å². The summed E-state index contributed by atoms with van der Waals surface area (Å²) < 4.78 is 7.33. The summed E-state index contributed by atoms with van der Waals surface area (Å²) >= 11 is 0. The van der Waals surface area contributed by atoms with Crippen LogP contribution in [-0.2, 0) is 4.74 Å². The molecule has 0 aromatic heterocycles. The second-order valence-electron chi connectivity index (χ2n) is 14.6. The molecule has 3 heteroatoms. The number of allylic oxidation sites excluding steroid dienone is 2. The maximum absolute atomic E-state index is 10.4. The van der Waals surface area contributed by atoms with Crippen LogP contribution in [0.1, 0.15) is 118 Å². The summed E-state index contributed by atoms with van der Waals surface area (Å²) in [5.41, 5.74) is 5.31. The molecular weight excluding hydrogens is 454 g/mol. The Kier molecular flexibility index (Phi) is 7.24. The fourth-order valence-corrected chi connectivity index (χ4v) is 10.6. The van der Waals surface area contributed by atoms with Crippen molar-refractivity contribution in [3.8, 4) is 0 Å². The van der Waals surface area contributed by atoms with Crippen molar-refractivity contribution in [3.05, 3.63) is 22.8 Å². The molecule has 0 aromatic carbocycles. The maximum atomic E-state index is 10.4. The number of fused-ring (bicyclic) bond motifs is 6. The molecule has 6 aliphatic rings. The summed E-state index contributed by atoms with van der Waals surface area (Å²) in [7, 11) is 0. The molecule has 1 spiro atoms. The number of piperidine rings is 1. The SMILES string of the molecule is CCCCCCCN1C[C@@H](C)CC2O[C@]3(CC[C@@H]4C(=C3C)C[C@H]3[C@H]4CC=C4C[C@@H](O)CC[C@@]43C)[C@H](C)C21. The Morgan fingerprint density at radius 3 is 2.70 bits per heavy atom. The predicted octanol–water partition coefficient (Wildman–Crippen LogP) is 7.68. The van der Waals surface area contributed by atoms with Gasteiger partial charge in [0.1, 0.15) is 0 Å². The van der Waals surface area contributed by atoms with Crippen molar-refractivity contribution in [3.63, 3.8) is 0 Å². The summed E-state index contributed by atoms with van der Waals surface area (Å²) in [5.74, 6) is 3.67. The normalized spacial score (nSPS) is 47.5. The van der Waals surface area contributed by atoms with Crippen molar-refractivity contribution in [2.24, 2.45) is 35.0 Å². The number of nitrogens with zero attached hydrogens (tertiary/aromatic N) is 1. The van der Waals surface area contributed by atoms with E-state index < -0.39 is 0 Å². The first kappa shape index (κ1) is 26.6. The first-order valence-electron chi connectivity index (χ1n) is 16.3. The molecule has 3 nitrogen and oxygen atoms in total. The van der Waals surface area contributed by atoms with E-state index in [0.29, 0.717) is 23.5 Å². The lowest BCUT2D eigenvalue weighted by molar-refractivity contribution is -0.0649. The third-order valence-electron chi connectivity index (χ3n) is 12.6. The number of hydrogen-bond acceptors (Lipinski definition) is 3. The molecule has 0 amide bonds. The molecule has 2 unspecified atom stereocenters. The van der Waals surface area contributed by atoms with Gasteiger partial charge in [0, 0.05) is 18.5 Å². The lowest BCUT2D eigenvalue weighted by Gasteiger charge is -2.49. The standard InChI is InChI=1S/C34H55NO2/c1-6-7-8-9-10-17-35-21-22(2)18-31-32(35)24(4)34(37-31)16-14-27-28-12-11-25-19-26(36)13-15-33(25,5)30(28)20-29(27)23(34)3/h11,22,24,26-28,30-32,36H,6-10,12-21H2,1-5H3/t22-,24+,26-,27-,28-,30-,31?,32?,33-,34-/m0/s1. The summed E-state index contributed by atoms with van der Waals surface area (Å²) in [6.45, 7) is 14.9. The molecule has 0 aromatic rings. The van der Waals surface area contributed by atoms with Gasteiger partial charge in [-0.05, 0) is 106 Å². The summed E-state index contributed by atoms with van der Waals surface area (Å²) in [4.78, 5) is 2.87. The van der Waals surface area contributed by atoms with Crippen molar-refractivity contribution in [2.75, 3.05) is 13.1 Å². The predicted molar refractivity (Wildman–Crippen MR) is 152 cm³/mol. The number of rotatable bonds is 6. The molecule has 2 heterocycles. The molecule has 0 radical (unpaired) electrons. The van der Waals surface area contributed by atoms with Crippen molar-refractivity contribution >= 4 is 0 Å².